The first-order valence-corrected chi connectivity index (χ1v) is 8.67. The monoisotopic (exact) mass is 383 g/mol. The predicted octanol–water partition coefficient (Wildman–Crippen LogP) is 2.99. The molecule has 1 unspecified atom stereocenters. The van der Waals surface area contributed by atoms with E-state index in [-0.39, 0.29) is 18.2 Å². The number of carboxylic acid groups (broad SMARTS) is 1. The number of carboxylic acids is 1. The molecule has 1 aliphatic heterocycles. The average Bonchev–Trinajstić information content (AvgIpc) is 3.01. The second kappa shape index (κ2) is 7.16. The van der Waals surface area contributed by atoms with Crippen molar-refractivity contribution >= 4 is 11.9 Å². The molecule has 0 amide bonds. The van der Waals surface area contributed by atoms with Crippen molar-refractivity contribution in [3.8, 4) is 11.3 Å². The van der Waals surface area contributed by atoms with Crippen LogP contribution < -0.4 is 4.90 Å². The highest BCUT2D eigenvalue weighted by Gasteiger charge is 2.35. The number of nitrogens with zero attached hydrogens (tertiary/aromatic N) is 5. The van der Waals surface area contributed by atoms with Gasteiger partial charge in [0.25, 0.3) is 0 Å². The smallest absolute Gasteiger partial charge is 0.433 e. The zero-order chi connectivity index (χ0) is 19.8. The number of hydrogen-bond acceptors (Lipinski definition) is 5. The Morgan fingerprint density at radius 2 is 2.11 bits per heavy atom. The third kappa shape index (κ3) is 3.88. The first-order chi connectivity index (χ1) is 12.7. The van der Waals surface area contributed by atoms with E-state index in [1.54, 1.807) is 11.6 Å². The summed E-state index contributed by atoms with van der Waals surface area (Å²) in [4.78, 5) is 20.8. The molecule has 7 nitrogen and oxygen atoms in total. The topological polar surface area (TPSA) is 84.1 Å². The fourth-order valence-corrected chi connectivity index (χ4v) is 3.24. The lowest BCUT2D eigenvalue weighted by Gasteiger charge is -2.31. The van der Waals surface area contributed by atoms with Crippen LogP contribution in [-0.4, -0.2) is 43.9 Å². The van der Waals surface area contributed by atoms with Crippen molar-refractivity contribution in [2.75, 3.05) is 18.0 Å². The van der Waals surface area contributed by atoms with Gasteiger partial charge in [-0.3, -0.25) is 9.48 Å². The Balaban J connectivity index is 2.06. The van der Waals surface area contributed by atoms with E-state index in [0.717, 1.165) is 6.07 Å². The highest BCUT2D eigenvalue weighted by molar-refractivity contribution is 5.71. The number of anilines is 1. The van der Waals surface area contributed by atoms with Crippen molar-refractivity contribution in [3.05, 3.63) is 23.7 Å². The number of aromatic nitrogens is 4. The van der Waals surface area contributed by atoms with Crippen molar-refractivity contribution < 1.29 is 23.1 Å². The van der Waals surface area contributed by atoms with Gasteiger partial charge in [-0.2, -0.15) is 18.3 Å². The summed E-state index contributed by atoms with van der Waals surface area (Å²) in [7, 11) is 0. The van der Waals surface area contributed by atoms with Crippen LogP contribution in [-0.2, 0) is 17.5 Å². The summed E-state index contributed by atoms with van der Waals surface area (Å²) in [5.41, 5.74) is 0.278. The van der Waals surface area contributed by atoms with E-state index >= 15 is 0 Å². The minimum Gasteiger partial charge on any atom is -0.481 e. The molecule has 0 saturated carbocycles. The SMILES string of the molecule is CCn1ncc(-c2cc(C(F)(F)F)nc(N3CCCC(C(=O)O)C3)n2)c1C. The van der Waals surface area contributed by atoms with Gasteiger partial charge in [-0.15, -0.1) is 0 Å². The number of piperidine rings is 1. The molecule has 1 N–H and O–H groups in total. The molecule has 0 aliphatic carbocycles. The Hall–Kier alpha value is -2.65. The van der Waals surface area contributed by atoms with Crippen molar-refractivity contribution in [1.82, 2.24) is 19.7 Å². The molecule has 0 radical (unpaired) electrons. The lowest BCUT2D eigenvalue weighted by Crippen LogP contribution is -2.40. The highest BCUT2D eigenvalue weighted by atomic mass is 19.4. The van der Waals surface area contributed by atoms with Crippen molar-refractivity contribution in [2.24, 2.45) is 5.92 Å². The highest BCUT2D eigenvalue weighted by Crippen LogP contribution is 2.33. The van der Waals surface area contributed by atoms with Crippen LogP contribution in [0.25, 0.3) is 11.3 Å². The molecule has 1 fully saturated rings. The molecule has 146 valence electrons. The minimum absolute atomic E-state index is 0.0866. The molecule has 10 heteroatoms. The number of aryl methyl sites for hydroxylation is 1. The van der Waals surface area contributed by atoms with Gasteiger partial charge in [0.1, 0.15) is 0 Å². The molecule has 3 heterocycles. The lowest BCUT2D eigenvalue weighted by atomic mass is 9.99. The number of aliphatic carboxylic acids is 1. The molecule has 1 saturated heterocycles. The van der Waals surface area contributed by atoms with E-state index in [9.17, 15) is 23.1 Å². The van der Waals surface area contributed by atoms with Crippen LogP contribution >= 0.6 is 0 Å². The van der Waals surface area contributed by atoms with Crippen LogP contribution in [0.3, 0.4) is 0 Å². The van der Waals surface area contributed by atoms with Crippen LogP contribution in [0.2, 0.25) is 0 Å². The Labute approximate surface area is 153 Å². The van der Waals surface area contributed by atoms with Gasteiger partial charge in [0.15, 0.2) is 5.69 Å². The normalized spacial score (nSPS) is 18.0. The van der Waals surface area contributed by atoms with E-state index in [1.165, 1.54) is 11.1 Å². The summed E-state index contributed by atoms with van der Waals surface area (Å²) >= 11 is 0. The van der Waals surface area contributed by atoms with Crippen LogP contribution in [0, 0.1) is 12.8 Å². The third-order valence-electron chi connectivity index (χ3n) is 4.74. The quantitative estimate of drug-likeness (QED) is 0.874. The maximum atomic E-state index is 13.4. The van der Waals surface area contributed by atoms with Crippen LogP contribution in [0.4, 0.5) is 19.1 Å². The van der Waals surface area contributed by atoms with Crippen LogP contribution in [0.5, 0.6) is 0 Å². The summed E-state index contributed by atoms with van der Waals surface area (Å²) in [6, 6.07) is 0.909. The largest absolute Gasteiger partial charge is 0.481 e. The Morgan fingerprint density at radius 3 is 2.70 bits per heavy atom. The molecule has 0 bridgehead atoms. The Kier molecular flexibility index (Phi) is 5.07. The van der Waals surface area contributed by atoms with Crippen molar-refractivity contribution in [2.45, 2.75) is 39.4 Å². The van der Waals surface area contributed by atoms with E-state index in [1.807, 2.05) is 6.92 Å². The minimum atomic E-state index is -4.64. The standard InChI is InChI=1S/C17H20F3N5O2/c1-3-25-10(2)12(8-21-25)13-7-14(17(18,19)20)23-16(22-13)24-6-4-5-11(9-24)15(26)27/h7-8,11H,3-6,9H2,1-2H3,(H,26,27). The molecule has 2 aromatic heterocycles. The number of alkyl halides is 3. The zero-order valence-electron chi connectivity index (χ0n) is 15.0. The van der Waals surface area contributed by atoms with E-state index in [4.69, 9.17) is 0 Å². The summed E-state index contributed by atoms with van der Waals surface area (Å²) < 4.78 is 41.8. The second-order valence-corrected chi connectivity index (χ2v) is 6.52. The number of hydrogen-bond donors (Lipinski definition) is 1. The molecule has 3 rings (SSSR count). The van der Waals surface area contributed by atoms with Gasteiger partial charge in [0.05, 0.1) is 17.8 Å². The fourth-order valence-electron chi connectivity index (χ4n) is 3.24. The lowest BCUT2D eigenvalue weighted by molar-refractivity contribution is -0.142. The van der Waals surface area contributed by atoms with Gasteiger partial charge in [0, 0.05) is 30.9 Å². The summed E-state index contributed by atoms with van der Waals surface area (Å²) in [6.45, 7) is 4.74. The first-order valence-electron chi connectivity index (χ1n) is 8.67. The van der Waals surface area contributed by atoms with E-state index < -0.39 is 23.8 Å². The van der Waals surface area contributed by atoms with Crippen LogP contribution in [0.1, 0.15) is 31.2 Å². The molecule has 0 spiro atoms. The summed E-state index contributed by atoms with van der Waals surface area (Å²) in [5.74, 6) is -1.72. The molecule has 1 atom stereocenters. The van der Waals surface area contributed by atoms with Gasteiger partial charge in [-0.1, -0.05) is 0 Å². The van der Waals surface area contributed by atoms with E-state index in [0.29, 0.717) is 37.2 Å². The molecule has 27 heavy (non-hydrogen) atoms. The van der Waals surface area contributed by atoms with Crippen LogP contribution in [0.15, 0.2) is 12.3 Å². The Bertz CT molecular complexity index is 850. The van der Waals surface area contributed by atoms with Crippen molar-refractivity contribution in [3.63, 3.8) is 0 Å². The van der Waals surface area contributed by atoms with E-state index in [2.05, 4.69) is 15.1 Å². The second-order valence-electron chi connectivity index (χ2n) is 6.52. The van der Waals surface area contributed by atoms with Gasteiger partial charge in [0.2, 0.25) is 5.95 Å². The first kappa shape index (κ1) is 19.1. The van der Waals surface area contributed by atoms with Gasteiger partial charge in [-0.25, -0.2) is 9.97 Å². The van der Waals surface area contributed by atoms with Gasteiger partial charge in [-0.05, 0) is 32.8 Å². The number of halogens is 3. The Morgan fingerprint density at radius 1 is 1.37 bits per heavy atom. The summed E-state index contributed by atoms with van der Waals surface area (Å²) in [5, 5.41) is 13.4. The molecular weight excluding hydrogens is 363 g/mol. The number of carbonyl (C=O) groups is 1. The average molecular weight is 383 g/mol. The maximum absolute atomic E-state index is 13.4. The summed E-state index contributed by atoms with van der Waals surface area (Å²) in [6.07, 6.45) is -2.11. The van der Waals surface area contributed by atoms with Gasteiger partial charge >= 0.3 is 12.1 Å². The predicted molar refractivity (Wildman–Crippen MR) is 91.2 cm³/mol. The van der Waals surface area contributed by atoms with Gasteiger partial charge < -0.3 is 10.0 Å². The molecule has 1 aliphatic rings. The van der Waals surface area contributed by atoms with Crippen molar-refractivity contribution in [1.29, 1.82) is 0 Å². The molecular formula is C17H20F3N5O2. The maximum Gasteiger partial charge on any atom is 0.433 e. The molecule has 2 aromatic rings. The fraction of sp³-hybridized carbons (Fsp3) is 0.529. The zero-order valence-corrected chi connectivity index (χ0v) is 15.0. The molecule has 0 aromatic carbocycles. The number of rotatable bonds is 4. The third-order valence-corrected chi connectivity index (χ3v) is 4.74.